The molecule has 2 heterocycles. The van der Waals surface area contributed by atoms with E-state index in [1.807, 2.05) is 30.5 Å². The van der Waals surface area contributed by atoms with E-state index in [1.165, 1.54) is 24.8 Å². The minimum Gasteiger partial charge on any atom is -0.493 e. The summed E-state index contributed by atoms with van der Waals surface area (Å²) < 4.78 is 8.14. The first-order valence-electron chi connectivity index (χ1n) is 10.2. The zero-order chi connectivity index (χ0) is 19.6. The highest BCUT2D eigenvalue weighted by atomic mass is 16.5. The van der Waals surface area contributed by atoms with Crippen LogP contribution in [0, 0.1) is 0 Å². The van der Waals surface area contributed by atoms with Crippen molar-refractivity contribution in [2.45, 2.75) is 31.6 Å². The van der Waals surface area contributed by atoms with Gasteiger partial charge in [-0.1, -0.05) is 48.9 Å². The first kappa shape index (κ1) is 17.7. The average Bonchev–Trinajstić information content (AvgIpc) is 3.08. The summed E-state index contributed by atoms with van der Waals surface area (Å²) in [4.78, 5) is 9.30. The van der Waals surface area contributed by atoms with Gasteiger partial charge in [-0.05, 0) is 30.5 Å². The topological polar surface area (TPSA) is 65.4 Å². The molecule has 0 atom stereocenters. The van der Waals surface area contributed by atoms with Crippen molar-refractivity contribution in [1.82, 2.24) is 14.4 Å². The molecular formula is C24H24N4O. The van der Waals surface area contributed by atoms with Crippen LogP contribution in [0.2, 0.25) is 0 Å². The number of aromatic nitrogens is 3. The standard InChI is InChI=1S/C24H24N4O/c25-23-22-21(27-24(18-8-4-9-18)28(22)14-13-26-23)19-10-5-11-20(16-19)29-15-12-17-6-2-1-3-7-17/h1-3,5-7,10-11,13-14,16,18H,4,8-9,12,15H2,(H2,25,26). The van der Waals surface area contributed by atoms with E-state index in [4.69, 9.17) is 15.5 Å². The third-order valence-electron chi connectivity index (χ3n) is 5.69. The van der Waals surface area contributed by atoms with Gasteiger partial charge < -0.3 is 10.5 Å². The Hall–Kier alpha value is -3.34. The maximum absolute atomic E-state index is 6.25. The molecule has 0 bridgehead atoms. The Morgan fingerprint density at radius 1 is 1.07 bits per heavy atom. The van der Waals surface area contributed by atoms with Gasteiger partial charge in [0.15, 0.2) is 0 Å². The van der Waals surface area contributed by atoms with Crippen LogP contribution >= 0.6 is 0 Å². The highest BCUT2D eigenvalue weighted by molar-refractivity contribution is 5.85. The maximum Gasteiger partial charge on any atom is 0.150 e. The van der Waals surface area contributed by atoms with Crippen molar-refractivity contribution in [2.24, 2.45) is 0 Å². The molecule has 0 spiro atoms. The summed E-state index contributed by atoms with van der Waals surface area (Å²) in [6.45, 7) is 0.633. The minimum absolute atomic E-state index is 0.503. The van der Waals surface area contributed by atoms with Crippen molar-refractivity contribution < 1.29 is 4.74 Å². The number of ether oxygens (including phenoxy) is 1. The molecule has 0 amide bonds. The molecule has 146 valence electrons. The summed E-state index contributed by atoms with van der Waals surface area (Å²) in [6, 6.07) is 18.5. The zero-order valence-electron chi connectivity index (χ0n) is 16.3. The molecule has 2 aromatic carbocycles. The third-order valence-corrected chi connectivity index (χ3v) is 5.69. The fourth-order valence-electron chi connectivity index (χ4n) is 3.91. The Balaban J connectivity index is 1.44. The molecule has 0 radical (unpaired) electrons. The molecule has 29 heavy (non-hydrogen) atoms. The lowest BCUT2D eigenvalue weighted by molar-refractivity contribution is 0.322. The molecule has 0 aliphatic heterocycles. The lowest BCUT2D eigenvalue weighted by atomic mass is 9.85. The molecule has 0 unspecified atom stereocenters. The first-order chi connectivity index (χ1) is 14.3. The number of anilines is 1. The molecule has 4 aromatic rings. The Labute approximate surface area is 170 Å². The van der Waals surface area contributed by atoms with Crippen LogP contribution in [0.1, 0.15) is 36.6 Å². The van der Waals surface area contributed by atoms with E-state index in [2.05, 4.69) is 39.7 Å². The molecule has 1 fully saturated rings. The molecule has 1 aliphatic carbocycles. The fraction of sp³-hybridized carbons (Fsp3) is 0.250. The second kappa shape index (κ2) is 7.59. The lowest BCUT2D eigenvalue weighted by Crippen LogP contribution is -2.12. The number of benzene rings is 2. The highest BCUT2D eigenvalue weighted by Crippen LogP contribution is 2.39. The van der Waals surface area contributed by atoms with Crippen LogP contribution in [0.15, 0.2) is 67.0 Å². The zero-order valence-corrected chi connectivity index (χ0v) is 16.3. The molecule has 1 saturated carbocycles. The Morgan fingerprint density at radius 3 is 2.72 bits per heavy atom. The van der Waals surface area contributed by atoms with Crippen LogP contribution in [0.3, 0.4) is 0 Å². The largest absolute Gasteiger partial charge is 0.493 e. The SMILES string of the molecule is Nc1nccn2c(C3CCC3)nc(-c3cccc(OCCc4ccccc4)c3)c12. The van der Waals surface area contributed by atoms with E-state index in [0.717, 1.165) is 34.8 Å². The maximum atomic E-state index is 6.25. The smallest absolute Gasteiger partial charge is 0.150 e. The van der Waals surface area contributed by atoms with Crippen molar-refractivity contribution in [3.05, 3.63) is 78.4 Å². The van der Waals surface area contributed by atoms with Crippen LogP contribution in [-0.4, -0.2) is 21.0 Å². The molecule has 2 N–H and O–H groups in total. The molecule has 0 saturated heterocycles. The predicted molar refractivity (Wildman–Crippen MR) is 115 cm³/mol. The summed E-state index contributed by atoms with van der Waals surface area (Å²) in [7, 11) is 0. The molecule has 5 nitrogen and oxygen atoms in total. The van der Waals surface area contributed by atoms with Crippen LogP contribution in [0.4, 0.5) is 5.82 Å². The van der Waals surface area contributed by atoms with Gasteiger partial charge in [0, 0.05) is 30.3 Å². The predicted octanol–water partition coefficient (Wildman–Crippen LogP) is 4.87. The Morgan fingerprint density at radius 2 is 1.93 bits per heavy atom. The van der Waals surface area contributed by atoms with Crippen molar-refractivity contribution in [1.29, 1.82) is 0 Å². The molecule has 1 aliphatic rings. The number of rotatable bonds is 6. The normalized spacial score (nSPS) is 14.1. The van der Waals surface area contributed by atoms with E-state index in [-0.39, 0.29) is 0 Å². The summed E-state index contributed by atoms with van der Waals surface area (Å²) >= 11 is 0. The van der Waals surface area contributed by atoms with E-state index < -0.39 is 0 Å². The third kappa shape index (κ3) is 3.44. The molecular weight excluding hydrogens is 360 g/mol. The van der Waals surface area contributed by atoms with Crippen molar-refractivity contribution in [3.63, 3.8) is 0 Å². The number of nitrogens with two attached hydrogens (primary N) is 1. The van der Waals surface area contributed by atoms with Crippen molar-refractivity contribution >= 4 is 11.3 Å². The second-order valence-electron chi connectivity index (χ2n) is 7.59. The fourth-order valence-corrected chi connectivity index (χ4v) is 3.91. The van der Waals surface area contributed by atoms with Crippen molar-refractivity contribution in [3.8, 4) is 17.0 Å². The van der Waals surface area contributed by atoms with Crippen LogP contribution in [0.25, 0.3) is 16.8 Å². The number of nitrogen functional groups attached to an aromatic ring is 1. The van der Waals surface area contributed by atoms with Crippen LogP contribution in [0.5, 0.6) is 5.75 Å². The number of imidazole rings is 1. The number of hydrogen-bond donors (Lipinski definition) is 1. The van der Waals surface area contributed by atoms with Crippen molar-refractivity contribution in [2.75, 3.05) is 12.3 Å². The number of fused-ring (bicyclic) bond motifs is 1. The van der Waals surface area contributed by atoms with Gasteiger partial charge in [0.05, 0.1) is 6.61 Å². The van der Waals surface area contributed by atoms with E-state index in [1.54, 1.807) is 6.20 Å². The lowest BCUT2D eigenvalue weighted by Gasteiger charge is -2.23. The van der Waals surface area contributed by atoms with Gasteiger partial charge in [0.25, 0.3) is 0 Å². The van der Waals surface area contributed by atoms with Crippen LogP contribution < -0.4 is 10.5 Å². The number of hydrogen-bond acceptors (Lipinski definition) is 4. The quantitative estimate of drug-likeness (QED) is 0.515. The van der Waals surface area contributed by atoms with Gasteiger partial charge >= 0.3 is 0 Å². The second-order valence-corrected chi connectivity index (χ2v) is 7.59. The van der Waals surface area contributed by atoms with Gasteiger partial charge in [-0.15, -0.1) is 0 Å². The monoisotopic (exact) mass is 384 g/mol. The minimum atomic E-state index is 0.503. The first-order valence-corrected chi connectivity index (χ1v) is 10.2. The number of nitrogens with zero attached hydrogens (tertiary/aromatic N) is 3. The van der Waals surface area contributed by atoms with E-state index in [0.29, 0.717) is 18.3 Å². The molecule has 5 heteroatoms. The van der Waals surface area contributed by atoms with Crippen LogP contribution in [-0.2, 0) is 6.42 Å². The van der Waals surface area contributed by atoms with Gasteiger partial charge in [0.1, 0.15) is 28.6 Å². The van der Waals surface area contributed by atoms with Gasteiger partial charge in [-0.3, -0.25) is 4.40 Å². The van der Waals surface area contributed by atoms with E-state index >= 15 is 0 Å². The molecule has 5 rings (SSSR count). The van der Waals surface area contributed by atoms with Gasteiger partial charge in [-0.25, -0.2) is 9.97 Å². The summed E-state index contributed by atoms with van der Waals surface area (Å²) in [5, 5.41) is 0. The van der Waals surface area contributed by atoms with E-state index in [9.17, 15) is 0 Å². The molecule has 2 aromatic heterocycles. The van der Waals surface area contributed by atoms with Gasteiger partial charge in [0.2, 0.25) is 0 Å². The van der Waals surface area contributed by atoms with Gasteiger partial charge in [-0.2, -0.15) is 0 Å². The highest BCUT2D eigenvalue weighted by Gasteiger charge is 2.26. The Bertz CT molecular complexity index is 1130. The average molecular weight is 384 g/mol. The summed E-state index contributed by atoms with van der Waals surface area (Å²) in [5.74, 6) is 2.94. The summed E-state index contributed by atoms with van der Waals surface area (Å²) in [5.41, 5.74) is 10.3. The summed E-state index contributed by atoms with van der Waals surface area (Å²) in [6.07, 6.45) is 8.23. The Kier molecular flexibility index (Phi) is 4.64.